The van der Waals surface area contributed by atoms with E-state index in [1.54, 1.807) is 0 Å². The molecule has 1 aromatic carbocycles. The summed E-state index contributed by atoms with van der Waals surface area (Å²) in [7, 11) is 0. The third kappa shape index (κ3) is 3.44. The molecule has 2 bridgehead atoms. The van der Waals surface area contributed by atoms with Crippen LogP contribution < -0.4 is 4.90 Å². The Kier molecular flexibility index (Phi) is 4.75. The lowest BCUT2D eigenvalue weighted by molar-refractivity contribution is -0.123. The smallest absolute Gasteiger partial charge is 0.140 e. The summed E-state index contributed by atoms with van der Waals surface area (Å²) in [6.07, 6.45) is 9.82. The van der Waals surface area contributed by atoms with E-state index in [0.29, 0.717) is 24.0 Å². The predicted octanol–water partition coefficient (Wildman–Crippen LogP) is 4.30. The normalized spacial score (nSPS) is 36.0. The van der Waals surface area contributed by atoms with Crippen molar-refractivity contribution in [3.63, 3.8) is 0 Å². The number of likely N-dealkylation sites (tertiary alicyclic amines) is 1. The summed E-state index contributed by atoms with van der Waals surface area (Å²) in [5.41, 5.74) is 2.54. The van der Waals surface area contributed by atoms with Crippen molar-refractivity contribution in [2.45, 2.75) is 70.4 Å². The van der Waals surface area contributed by atoms with Gasteiger partial charge in [-0.1, -0.05) is 18.6 Å². The van der Waals surface area contributed by atoms with E-state index in [9.17, 15) is 4.79 Å². The summed E-state index contributed by atoms with van der Waals surface area (Å²) in [5.74, 6) is 2.42. The molecule has 5 rings (SSSR count). The molecule has 3 heteroatoms. The van der Waals surface area contributed by atoms with E-state index in [-0.39, 0.29) is 0 Å². The second kappa shape index (κ2) is 7.24. The molecule has 2 heterocycles. The zero-order chi connectivity index (χ0) is 18.4. The second-order valence-corrected chi connectivity index (χ2v) is 9.71. The molecular formula is C24H34N2O. The van der Waals surface area contributed by atoms with E-state index in [0.717, 1.165) is 31.1 Å². The zero-order valence-corrected chi connectivity index (χ0v) is 16.8. The minimum Gasteiger partial charge on any atom is -0.370 e. The van der Waals surface area contributed by atoms with Gasteiger partial charge in [0.25, 0.3) is 0 Å². The maximum absolute atomic E-state index is 12.8. The minimum absolute atomic E-state index is 0.366. The topological polar surface area (TPSA) is 23.6 Å². The van der Waals surface area contributed by atoms with E-state index in [1.807, 2.05) is 0 Å². The average Bonchev–Trinajstić information content (AvgIpc) is 3.46. The monoisotopic (exact) mass is 366 g/mol. The highest BCUT2D eigenvalue weighted by Crippen LogP contribution is 2.48. The van der Waals surface area contributed by atoms with Gasteiger partial charge in [0.2, 0.25) is 0 Å². The lowest BCUT2D eigenvalue weighted by atomic mass is 9.83. The van der Waals surface area contributed by atoms with Crippen molar-refractivity contribution in [1.29, 1.82) is 0 Å². The number of ketones is 1. The lowest BCUT2D eigenvalue weighted by Gasteiger charge is -2.28. The molecule has 3 unspecified atom stereocenters. The number of carbonyl (C=O) groups excluding carboxylic acids is 1. The van der Waals surface area contributed by atoms with Crippen LogP contribution in [0.2, 0.25) is 0 Å². The van der Waals surface area contributed by atoms with Crippen molar-refractivity contribution in [2.24, 2.45) is 17.8 Å². The molecule has 2 aliphatic carbocycles. The largest absolute Gasteiger partial charge is 0.370 e. The summed E-state index contributed by atoms with van der Waals surface area (Å²) in [6.45, 7) is 5.99. The Morgan fingerprint density at radius 1 is 1.04 bits per heavy atom. The molecule has 4 aliphatic rings. The molecule has 1 aromatic rings. The summed E-state index contributed by atoms with van der Waals surface area (Å²) < 4.78 is 0. The Balaban J connectivity index is 1.18. The predicted molar refractivity (Wildman–Crippen MR) is 110 cm³/mol. The first-order chi connectivity index (χ1) is 13.2. The van der Waals surface area contributed by atoms with Gasteiger partial charge in [0, 0.05) is 43.2 Å². The van der Waals surface area contributed by atoms with E-state index in [2.05, 4.69) is 41.0 Å². The van der Waals surface area contributed by atoms with Crippen molar-refractivity contribution in [2.75, 3.05) is 24.5 Å². The molecule has 0 radical (unpaired) electrons. The first-order valence-electron chi connectivity index (χ1n) is 11.3. The van der Waals surface area contributed by atoms with E-state index in [1.165, 1.54) is 62.7 Å². The molecule has 5 atom stereocenters. The van der Waals surface area contributed by atoms with E-state index in [4.69, 9.17) is 0 Å². The van der Waals surface area contributed by atoms with Crippen LogP contribution in [0.5, 0.6) is 0 Å². The van der Waals surface area contributed by atoms with Crippen LogP contribution >= 0.6 is 0 Å². The Hall–Kier alpha value is -1.35. The number of carbonyl (C=O) groups is 1. The molecule has 0 N–H and O–H groups in total. The maximum Gasteiger partial charge on any atom is 0.140 e. The van der Waals surface area contributed by atoms with Crippen LogP contribution in [-0.2, 0) is 11.2 Å². The molecule has 2 aliphatic heterocycles. The van der Waals surface area contributed by atoms with Crippen LogP contribution in [0.3, 0.4) is 0 Å². The lowest BCUT2D eigenvalue weighted by Crippen LogP contribution is -2.39. The number of benzene rings is 1. The van der Waals surface area contributed by atoms with Gasteiger partial charge in [0.05, 0.1) is 0 Å². The first kappa shape index (κ1) is 17.7. The van der Waals surface area contributed by atoms with Crippen molar-refractivity contribution in [1.82, 2.24) is 4.90 Å². The fraction of sp³-hybridized carbons (Fsp3) is 0.708. The molecule has 2 saturated heterocycles. The van der Waals surface area contributed by atoms with Crippen LogP contribution in [0.15, 0.2) is 24.3 Å². The third-order valence-corrected chi connectivity index (χ3v) is 8.07. The van der Waals surface area contributed by atoms with Crippen molar-refractivity contribution < 1.29 is 4.79 Å². The molecule has 0 spiro atoms. The molecule has 0 amide bonds. The van der Waals surface area contributed by atoms with E-state index >= 15 is 0 Å². The minimum atomic E-state index is 0.366. The summed E-state index contributed by atoms with van der Waals surface area (Å²) in [4.78, 5) is 18.0. The number of Topliss-reactive ketones (excluding diaryl/α,β-unsaturated/α-hetero) is 1. The number of anilines is 1. The first-order valence-corrected chi connectivity index (χ1v) is 11.3. The van der Waals surface area contributed by atoms with Gasteiger partial charge < -0.3 is 4.90 Å². The highest BCUT2D eigenvalue weighted by molar-refractivity contribution is 5.84. The quantitative estimate of drug-likeness (QED) is 0.776. The Morgan fingerprint density at radius 2 is 1.89 bits per heavy atom. The SMILES string of the molecule is CC1CCCN1C1CCN(c2ccc(CC(=O)C3C[C@@H]4CC[C@H]3C4)cc2)C1. The number of hydrogen-bond donors (Lipinski definition) is 0. The van der Waals surface area contributed by atoms with Crippen LogP contribution in [0, 0.1) is 17.8 Å². The average molecular weight is 367 g/mol. The van der Waals surface area contributed by atoms with Crippen LogP contribution in [-0.4, -0.2) is 42.4 Å². The van der Waals surface area contributed by atoms with Gasteiger partial charge in [0.1, 0.15) is 5.78 Å². The van der Waals surface area contributed by atoms with Gasteiger partial charge in [-0.3, -0.25) is 9.69 Å². The van der Waals surface area contributed by atoms with Gasteiger partial charge >= 0.3 is 0 Å². The molecule has 2 saturated carbocycles. The van der Waals surface area contributed by atoms with Gasteiger partial charge in [-0.15, -0.1) is 0 Å². The molecular weight excluding hydrogens is 332 g/mol. The van der Waals surface area contributed by atoms with Crippen LogP contribution in [0.25, 0.3) is 0 Å². The van der Waals surface area contributed by atoms with Gasteiger partial charge in [-0.25, -0.2) is 0 Å². The molecule has 0 aromatic heterocycles. The van der Waals surface area contributed by atoms with Gasteiger partial charge in [0.15, 0.2) is 0 Å². The number of nitrogens with zero attached hydrogens (tertiary/aromatic N) is 2. The van der Waals surface area contributed by atoms with Crippen molar-refractivity contribution in [3.05, 3.63) is 29.8 Å². The van der Waals surface area contributed by atoms with Gasteiger partial charge in [-0.2, -0.15) is 0 Å². The zero-order valence-electron chi connectivity index (χ0n) is 16.8. The second-order valence-electron chi connectivity index (χ2n) is 9.71. The molecule has 146 valence electrons. The van der Waals surface area contributed by atoms with E-state index < -0.39 is 0 Å². The fourth-order valence-corrected chi connectivity index (χ4v) is 6.54. The summed E-state index contributed by atoms with van der Waals surface area (Å²) in [6, 6.07) is 10.4. The molecule has 27 heavy (non-hydrogen) atoms. The van der Waals surface area contributed by atoms with Crippen molar-refractivity contribution >= 4 is 11.5 Å². The third-order valence-electron chi connectivity index (χ3n) is 8.07. The Bertz CT molecular complexity index is 684. The maximum atomic E-state index is 12.8. The molecule has 4 fully saturated rings. The highest BCUT2D eigenvalue weighted by atomic mass is 16.1. The Morgan fingerprint density at radius 3 is 2.56 bits per heavy atom. The molecule has 3 nitrogen and oxygen atoms in total. The Labute approximate surface area is 164 Å². The number of rotatable bonds is 5. The number of fused-ring (bicyclic) bond motifs is 2. The standard InChI is InChI=1S/C24H34N2O/c1-17-3-2-11-26(17)22-10-12-25(16-22)21-8-5-18(6-9-21)15-24(27)23-14-19-4-7-20(23)13-19/h5-6,8-9,17,19-20,22-23H,2-4,7,10-16H2,1H3/t17?,19-,20+,22?,23?/m1/s1. The number of hydrogen-bond acceptors (Lipinski definition) is 3. The van der Waals surface area contributed by atoms with Crippen LogP contribution in [0.4, 0.5) is 5.69 Å². The van der Waals surface area contributed by atoms with Crippen LogP contribution in [0.1, 0.15) is 57.4 Å². The summed E-state index contributed by atoms with van der Waals surface area (Å²) >= 11 is 0. The van der Waals surface area contributed by atoms with Gasteiger partial charge in [-0.05, 0) is 81.5 Å². The summed E-state index contributed by atoms with van der Waals surface area (Å²) in [5, 5.41) is 0. The fourth-order valence-electron chi connectivity index (χ4n) is 6.54. The van der Waals surface area contributed by atoms with Crippen molar-refractivity contribution in [3.8, 4) is 0 Å². The highest BCUT2D eigenvalue weighted by Gasteiger charge is 2.42.